The van der Waals surface area contributed by atoms with Crippen LogP contribution < -0.4 is 15.4 Å². The van der Waals surface area contributed by atoms with Crippen molar-refractivity contribution in [2.75, 3.05) is 11.9 Å². The van der Waals surface area contributed by atoms with Crippen LogP contribution in [0, 0.1) is 11.3 Å². The predicted octanol–water partition coefficient (Wildman–Crippen LogP) is 1.66. The van der Waals surface area contributed by atoms with Crippen LogP contribution in [0.5, 0.6) is 5.75 Å². The summed E-state index contributed by atoms with van der Waals surface area (Å²) >= 11 is 0. The van der Waals surface area contributed by atoms with Crippen LogP contribution in [-0.2, 0) is 9.59 Å². The summed E-state index contributed by atoms with van der Waals surface area (Å²) in [6.07, 6.45) is 2.19. The highest BCUT2D eigenvalue weighted by Crippen LogP contribution is 2.14. The average Bonchev–Trinajstić information content (AvgIpc) is 3.27. The Hall–Kier alpha value is -4.19. The van der Waals surface area contributed by atoms with E-state index in [0.29, 0.717) is 17.0 Å². The van der Waals surface area contributed by atoms with E-state index in [-0.39, 0.29) is 12.5 Å². The predicted molar refractivity (Wildman–Crippen MR) is 104 cm³/mol. The fourth-order valence-electron chi connectivity index (χ4n) is 2.45. The van der Waals surface area contributed by atoms with Gasteiger partial charge in [-0.2, -0.15) is 10.4 Å². The topological polar surface area (TPSA) is 122 Å². The molecular weight excluding hydrogens is 372 g/mol. The van der Waals surface area contributed by atoms with Crippen molar-refractivity contribution >= 4 is 17.5 Å². The number of ether oxygens (including phenoxy) is 1. The van der Waals surface area contributed by atoms with Gasteiger partial charge in [0.05, 0.1) is 23.9 Å². The zero-order valence-corrected chi connectivity index (χ0v) is 15.6. The Morgan fingerprint density at radius 3 is 2.72 bits per heavy atom. The molecule has 0 saturated heterocycles. The largest absolute Gasteiger partial charge is 0.481 e. The third-order valence-corrected chi connectivity index (χ3v) is 3.90. The Balaban J connectivity index is 1.47. The Labute approximate surface area is 166 Å². The first-order valence-corrected chi connectivity index (χ1v) is 8.74. The molecule has 1 aromatic heterocycles. The van der Waals surface area contributed by atoms with Crippen molar-refractivity contribution in [2.24, 2.45) is 0 Å². The van der Waals surface area contributed by atoms with Gasteiger partial charge in [-0.1, -0.05) is 6.07 Å². The molecule has 0 fully saturated rings. The Morgan fingerprint density at radius 1 is 1.24 bits per heavy atom. The quantitative estimate of drug-likeness (QED) is 0.633. The maximum atomic E-state index is 12.1. The van der Waals surface area contributed by atoms with Crippen LogP contribution in [0.15, 0.2) is 61.2 Å². The van der Waals surface area contributed by atoms with E-state index in [0.717, 1.165) is 5.69 Å². The molecule has 0 aliphatic heterocycles. The normalized spacial score (nSPS) is 11.2. The lowest BCUT2D eigenvalue weighted by Gasteiger charge is -2.15. The molecule has 2 aromatic carbocycles. The van der Waals surface area contributed by atoms with Crippen molar-refractivity contribution in [3.63, 3.8) is 0 Å². The molecule has 0 spiro atoms. The first-order valence-electron chi connectivity index (χ1n) is 8.74. The van der Waals surface area contributed by atoms with Gasteiger partial charge in [0.25, 0.3) is 5.91 Å². The number of nitrogens with one attached hydrogen (secondary N) is 2. The highest BCUT2D eigenvalue weighted by Gasteiger charge is 2.16. The number of nitriles is 1. The van der Waals surface area contributed by atoms with E-state index in [1.165, 1.54) is 6.33 Å². The Kier molecular flexibility index (Phi) is 6.17. The molecule has 1 unspecified atom stereocenters. The van der Waals surface area contributed by atoms with E-state index in [2.05, 4.69) is 20.7 Å². The molecule has 2 N–H and O–H groups in total. The first-order chi connectivity index (χ1) is 14.0. The second-order valence-corrected chi connectivity index (χ2v) is 6.05. The van der Waals surface area contributed by atoms with Crippen molar-refractivity contribution in [1.29, 1.82) is 5.26 Å². The van der Waals surface area contributed by atoms with E-state index in [4.69, 9.17) is 10.00 Å². The molecule has 29 heavy (non-hydrogen) atoms. The molecule has 3 rings (SSSR count). The van der Waals surface area contributed by atoms with Crippen LogP contribution in [0.2, 0.25) is 0 Å². The van der Waals surface area contributed by atoms with Crippen LogP contribution in [0.1, 0.15) is 12.5 Å². The smallest absolute Gasteiger partial charge is 0.261 e. The molecular formula is C20H18N6O3. The van der Waals surface area contributed by atoms with Crippen molar-refractivity contribution in [1.82, 2.24) is 20.1 Å². The van der Waals surface area contributed by atoms with Gasteiger partial charge in [-0.3, -0.25) is 9.59 Å². The number of benzene rings is 2. The van der Waals surface area contributed by atoms with Gasteiger partial charge in [-0.15, -0.1) is 0 Å². The first kappa shape index (κ1) is 19.6. The van der Waals surface area contributed by atoms with Crippen molar-refractivity contribution in [2.45, 2.75) is 13.0 Å². The van der Waals surface area contributed by atoms with Crippen LogP contribution in [-0.4, -0.2) is 39.2 Å². The molecule has 0 radical (unpaired) electrons. The standard InChI is InChI=1S/C20H18N6O3/c1-14(29-18-4-2-3-15(9-18)10-21)20(28)23-11-19(27)25-16-5-7-17(8-6-16)26-13-22-12-24-26/h2-9,12-14H,11H2,1H3,(H,23,28)(H,25,27). The third-order valence-electron chi connectivity index (χ3n) is 3.90. The second-order valence-electron chi connectivity index (χ2n) is 6.05. The number of carbonyl (C=O) groups excluding carboxylic acids is 2. The molecule has 0 aliphatic carbocycles. The minimum absolute atomic E-state index is 0.199. The molecule has 1 atom stereocenters. The molecule has 0 saturated carbocycles. The van der Waals surface area contributed by atoms with Crippen molar-refractivity contribution in [3.8, 4) is 17.5 Å². The number of hydrogen-bond donors (Lipinski definition) is 2. The van der Waals surface area contributed by atoms with E-state index >= 15 is 0 Å². The molecule has 1 heterocycles. The van der Waals surface area contributed by atoms with Gasteiger partial charge in [-0.25, -0.2) is 9.67 Å². The third kappa shape index (κ3) is 5.40. The summed E-state index contributed by atoms with van der Waals surface area (Å²) < 4.78 is 7.11. The van der Waals surface area contributed by atoms with Gasteiger partial charge in [0.1, 0.15) is 18.4 Å². The number of nitrogens with zero attached hydrogens (tertiary/aromatic N) is 4. The Bertz CT molecular complexity index is 1030. The minimum Gasteiger partial charge on any atom is -0.481 e. The molecule has 2 amide bonds. The molecule has 9 nitrogen and oxygen atoms in total. The summed E-state index contributed by atoms with van der Waals surface area (Å²) in [5.41, 5.74) is 1.83. The molecule has 0 bridgehead atoms. The lowest BCUT2D eigenvalue weighted by Crippen LogP contribution is -2.40. The van der Waals surface area contributed by atoms with E-state index in [1.54, 1.807) is 66.5 Å². The number of amides is 2. The average molecular weight is 390 g/mol. The van der Waals surface area contributed by atoms with E-state index < -0.39 is 12.0 Å². The highest BCUT2D eigenvalue weighted by atomic mass is 16.5. The van der Waals surface area contributed by atoms with Crippen LogP contribution >= 0.6 is 0 Å². The minimum atomic E-state index is -0.821. The summed E-state index contributed by atoms with van der Waals surface area (Å²) in [6.45, 7) is 1.37. The molecule has 9 heteroatoms. The summed E-state index contributed by atoms with van der Waals surface area (Å²) in [5, 5.41) is 18.1. The van der Waals surface area contributed by atoms with Gasteiger partial charge in [0.15, 0.2) is 6.10 Å². The monoisotopic (exact) mass is 390 g/mol. The van der Waals surface area contributed by atoms with E-state index in [9.17, 15) is 9.59 Å². The second kappa shape index (κ2) is 9.14. The lowest BCUT2D eigenvalue weighted by molar-refractivity contribution is -0.129. The number of anilines is 1. The summed E-state index contributed by atoms with van der Waals surface area (Å²) in [4.78, 5) is 28.1. The SMILES string of the molecule is CC(Oc1cccc(C#N)c1)C(=O)NCC(=O)Nc1ccc(-n2cncn2)cc1. The van der Waals surface area contributed by atoms with E-state index in [1.807, 2.05) is 6.07 Å². The van der Waals surface area contributed by atoms with Crippen LogP contribution in [0.4, 0.5) is 5.69 Å². The number of hydrogen-bond acceptors (Lipinski definition) is 6. The maximum Gasteiger partial charge on any atom is 0.261 e. The maximum absolute atomic E-state index is 12.1. The fourth-order valence-corrected chi connectivity index (χ4v) is 2.45. The molecule has 146 valence electrons. The zero-order chi connectivity index (χ0) is 20.6. The fraction of sp³-hybridized carbons (Fsp3) is 0.150. The summed E-state index contributed by atoms with van der Waals surface area (Å²) in [5.74, 6) is -0.404. The summed E-state index contributed by atoms with van der Waals surface area (Å²) in [7, 11) is 0. The number of rotatable bonds is 7. The molecule has 0 aliphatic rings. The zero-order valence-electron chi connectivity index (χ0n) is 15.6. The summed E-state index contributed by atoms with van der Waals surface area (Å²) in [6, 6.07) is 15.5. The van der Waals surface area contributed by atoms with Crippen LogP contribution in [0.25, 0.3) is 5.69 Å². The van der Waals surface area contributed by atoms with Crippen LogP contribution in [0.3, 0.4) is 0 Å². The lowest BCUT2D eigenvalue weighted by atomic mass is 10.2. The van der Waals surface area contributed by atoms with Gasteiger partial charge >= 0.3 is 0 Å². The van der Waals surface area contributed by atoms with Gasteiger partial charge in [0, 0.05) is 5.69 Å². The number of carbonyl (C=O) groups is 2. The number of aromatic nitrogens is 3. The van der Waals surface area contributed by atoms with Gasteiger partial charge in [0.2, 0.25) is 5.91 Å². The van der Waals surface area contributed by atoms with Gasteiger partial charge in [-0.05, 0) is 49.4 Å². The highest BCUT2D eigenvalue weighted by molar-refractivity contribution is 5.95. The van der Waals surface area contributed by atoms with Gasteiger partial charge < -0.3 is 15.4 Å². The van der Waals surface area contributed by atoms with Crippen molar-refractivity contribution in [3.05, 3.63) is 66.7 Å². The molecule has 3 aromatic rings. The Morgan fingerprint density at radius 2 is 2.03 bits per heavy atom. The van der Waals surface area contributed by atoms with Crippen molar-refractivity contribution < 1.29 is 14.3 Å².